The summed E-state index contributed by atoms with van der Waals surface area (Å²) in [6.45, 7) is 0.741. The second kappa shape index (κ2) is 5.03. The summed E-state index contributed by atoms with van der Waals surface area (Å²) in [5.41, 5.74) is 0.648. The molecule has 2 aromatic heterocycles. The highest BCUT2D eigenvalue weighted by Gasteiger charge is 2.19. The van der Waals surface area contributed by atoms with E-state index in [1.54, 1.807) is 24.0 Å². The van der Waals surface area contributed by atoms with Crippen LogP contribution in [0.4, 0.5) is 6.01 Å². The number of ether oxygens (including phenoxy) is 2. The number of nitrogens with zero attached hydrogens (tertiary/aromatic N) is 4. The number of amides is 1. The molecular weight excluding hydrogens is 266 g/mol. The minimum absolute atomic E-state index is 0.0266. The third-order valence-electron chi connectivity index (χ3n) is 2.56. The Hall–Kier alpha value is -2.84. The Balaban J connectivity index is 1.73. The van der Waals surface area contributed by atoms with Gasteiger partial charge in [-0.1, -0.05) is 5.10 Å². The van der Waals surface area contributed by atoms with Crippen molar-refractivity contribution in [3.63, 3.8) is 0 Å². The van der Waals surface area contributed by atoms with Crippen LogP contribution in [-0.4, -0.2) is 39.1 Å². The molecule has 0 aromatic carbocycles. The van der Waals surface area contributed by atoms with Gasteiger partial charge in [-0.2, -0.15) is 5.10 Å². The minimum Gasteiger partial charge on any atom is -0.494 e. The zero-order valence-corrected chi connectivity index (χ0v) is 10.6. The topological polar surface area (TPSA) is 104 Å². The first-order valence-corrected chi connectivity index (χ1v) is 5.82. The van der Waals surface area contributed by atoms with Crippen LogP contribution in [0.25, 0.3) is 11.6 Å². The van der Waals surface area contributed by atoms with Gasteiger partial charge in [0.25, 0.3) is 11.8 Å². The number of nitrogens with one attached hydrogen (secondary N) is 1. The van der Waals surface area contributed by atoms with Crippen LogP contribution in [-0.2, 0) is 21.3 Å². The molecule has 2 aromatic rings. The molecule has 0 saturated carbocycles. The average Bonchev–Trinajstić information content (AvgIpc) is 3.08. The van der Waals surface area contributed by atoms with Crippen molar-refractivity contribution in [2.75, 3.05) is 18.5 Å². The first kappa shape index (κ1) is 12.2. The van der Waals surface area contributed by atoms with Crippen molar-refractivity contribution in [1.82, 2.24) is 20.0 Å². The molecule has 0 atom stereocenters. The summed E-state index contributed by atoms with van der Waals surface area (Å²) in [5.74, 6) is -0.184. The minimum atomic E-state index is -0.509. The van der Waals surface area contributed by atoms with E-state index < -0.39 is 5.91 Å². The van der Waals surface area contributed by atoms with Crippen LogP contribution in [0.5, 0.6) is 0 Å². The largest absolute Gasteiger partial charge is 0.494 e. The van der Waals surface area contributed by atoms with Crippen LogP contribution in [0.3, 0.4) is 0 Å². The maximum absolute atomic E-state index is 11.8. The predicted octanol–water partition coefficient (Wildman–Crippen LogP) is 0.297. The summed E-state index contributed by atoms with van der Waals surface area (Å²) < 4.78 is 17.0. The number of hydrogen-bond donors (Lipinski definition) is 1. The first-order chi connectivity index (χ1) is 9.74. The third-order valence-corrected chi connectivity index (χ3v) is 2.56. The van der Waals surface area contributed by atoms with Gasteiger partial charge in [0.2, 0.25) is 5.76 Å². The van der Waals surface area contributed by atoms with Gasteiger partial charge in [0.15, 0.2) is 0 Å². The lowest BCUT2D eigenvalue weighted by molar-refractivity contribution is -0.117. The van der Waals surface area contributed by atoms with Crippen LogP contribution in [0, 0.1) is 0 Å². The lowest BCUT2D eigenvalue weighted by Crippen LogP contribution is -2.21. The van der Waals surface area contributed by atoms with Gasteiger partial charge in [-0.3, -0.25) is 14.8 Å². The van der Waals surface area contributed by atoms with Gasteiger partial charge in [-0.25, -0.2) is 0 Å². The summed E-state index contributed by atoms with van der Waals surface area (Å²) >= 11 is 0. The van der Waals surface area contributed by atoms with Gasteiger partial charge >= 0.3 is 6.01 Å². The number of hydrogen-bond acceptors (Lipinski definition) is 7. The quantitative estimate of drug-likeness (QED) is 0.860. The van der Waals surface area contributed by atoms with Crippen molar-refractivity contribution in [3.8, 4) is 11.6 Å². The molecule has 0 unspecified atom stereocenters. The second-order valence-electron chi connectivity index (χ2n) is 3.91. The molecule has 9 heteroatoms. The summed E-state index contributed by atoms with van der Waals surface area (Å²) in [5, 5.41) is 14.0. The van der Waals surface area contributed by atoms with Gasteiger partial charge in [0, 0.05) is 13.2 Å². The van der Waals surface area contributed by atoms with Gasteiger partial charge in [0.05, 0.1) is 0 Å². The fourth-order valence-electron chi connectivity index (χ4n) is 1.61. The van der Waals surface area contributed by atoms with E-state index in [9.17, 15) is 4.79 Å². The zero-order valence-electron chi connectivity index (χ0n) is 10.6. The number of carbonyl (C=O) groups is 1. The van der Waals surface area contributed by atoms with Crippen LogP contribution in [0.2, 0.25) is 0 Å². The van der Waals surface area contributed by atoms with Crippen molar-refractivity contribution < 1.29 is 18.7 Å². The van der Waals surface area contributed by atoms with Crippen molar-refractivity contribution >= 4 is 11.9 Å². The van der Waals surface area contributed by atoms with E-state index >= 15 is 0 Å². The molecule has 3 heterocycles. The maximum atomic E-state index is 11.8. The monoisotopic (exact) mass is 277 g/mol. The molecule has 0 radical (unpaired) electrons. The number of carbonyl (C=O) groups excluding carboxylic acids is 1. The molecule has 20 heavy (non-hydrogen) atoms. The highest BCUT2D eigenvalue weighted by Crippen LogP contribution is 2.19. The molecule has 104 valence electrons. The number of aryl methyl sites for hydroxylation is 1. The molecule has 3 rings (SSSR count). The standard InChI is InChI=1S/C11H11N5O4/c1-16-7(2-3-12-16)10-14-15-11(20-10)13-9(17)8-6-18-4-5-19-8/h2-3,6H,4-5H2,1H3,(H,13,15,17). The Bertz CT molecular complexity index is 659. The molecule has 1 aliphatic heterocycles. The fourth-order valence-corrected chi connectivity index (χ4v) is 1.61. The van der Waals surface area contributed by atoms with Crippen LogP contribution < -0.4 is 5.32 Å². The van der Waals surface area contributed by atoms with Crippen LogP contribution >= 0.6 is 0 Å². The normalized spacial score (nSPS) is 14.2. The second-order valence-corrected chi connectivity index (χ2v) is 3.91. The van der Waals surface area contributed by atoms with Crippen molar-refractivity contribution in [3.05, 3.63) is 24.3 Å². The lowest BCUT2D eigenvalue weighted by Gasteiger charge is -2.13. The summed E-state index contributed by atoms with van der Waals surface area (Å²) in [4.78, 5) is 11.8. The van der Waals surface area contributed by atoms with E-state index in [1.807, 2.05) is 0 Å². The van der Waals surface area contributed by atoms with Crippen LogP contribution in [0.15, 0.2) is 28.7 Å². The molecule has 0 fully saturated rings. The first-order valence-electron chi connectivity index (χ1n) is 5.82. The molecule has 0 saturated heterocycles. The Morgan fingerprint density at radius 2 is 2.30 bits per heavy atom. The zero-order chi connectivity index (χ0) is 13.9. The van der Waals surface area contributed by atoms with E-state index in [0.717, 1.165) is 0 Å². The van der Waals surface area contributed by atoms with Crippen molar-refractivity contribution in [2.24, 2.45) is 7.05 Å². The third kappa shape index (κ3) is 2.32. The van der Waals surface area contributed by atoms with Crippen molar-refractivity contribution in [2.45, 2.75) is 0 Å². The highest BCUT2D eigenvalue weighted by molar-refractivity contribution is 6.00. The molecule has 1 N–H and O–H groups in total. The van der Waals surface area contributed by atoms with Gasteiger partial charge in [-0.05, 0) is 6.07 Å². The van der Waals surface area contributed by atoms with E-state index in [1.165, 1.54) is 6.26 Å². The van der Waals surface area contributed by atoms with E-state index in [0.29, 0.717) is 18.9 Å². The molecule has 0 bridgehead atoms. The molecule has 1 amide bonds. The van der Waals surface area contributed by atoms with E-state index in [4.69, 9.17) is 13.9 Å². The number of aromatic nitrogens is 4. The maximum Gasteiger partial charge on any atom is 0.322 e. The molecule has 0 aliphatic carbocycles. The van der Waals surface area contributed by atoms with Crippen molar-refractivity contribution in [1.29, 1.82) is 0 Å². The Morgan fingerprint density at radius 1 is 1.40 bits per heavy atom. The van der Waals surface area contributed by atoms with Crippen LogP contribution in [0.1, 0.15) is 0 Å². The van der Waals surface area contributed by atoms with E-state index in [2.05, 4.69) is 20.6 Å². The molecule has 9 nitrogen and oxygen atoms in total. The van der Waals surface area contributed by atoms with Gasteiger partial charge in [-0.15, -0.1) is 5.10 Å². The van der Waals surface area contributed by atoms with Gasteiger partial charge in [0.1, 0.15) is 25.2 Å². The summed E-state index contributed by atoms with van der Waals surface area (Å²) in [6.07, 6.45) is 2.85. The number of rotatable bonds is 3. The summed E-state index contributed by atoms with van der Waals surface area (Å²) in [6, 6.07) is 1.70. The Kier molecular flexibility index (Phi) is 3.07. The smallest absolute Gasteiger partial charge is 0.322 e. The fraction of sp³-hybridized carbons (Fsp3) is 0.273. The lowest BCUT2D eigenvalue weighted by atomic mass is 10.4. The van der Waals surface area contributed by atoms with Gasteiger partial charge < -0.3 is 13.9 Å². The molecule has 0 spiro atoms. The van der Waals surface area contributed by atoms with E-state index in [-0.39, 0.29) is 17.7 Å². The summed E-state index contributed by atoms with van der Waals surface area (Å²) in [7, 11) is 1.75. The molecular formula is C11H11N5O4. The Labute approximate surface area is 113 Å². The number of anilines is 1. The predicted molar refractivity (Wildman–Crippen MR) is 65.1 cm³/mol. The Morgan fingerprint density at radius 3 is 3.00 bits per heavy atom. The highest BCUT2D eigenvalue weighted by atomic mass is 16.6. The average molecular weight is 277 g/mol. The SMILES string of the molecule is Cn1nccc1-c1nnc(NC(=O)C2=COCCO2)o1. The molecule has 1 aliphatic rings.